The van der Waals surface area contributed by atoms with Gasteiger partial charge in [0.05, 0.1) is 10.4 Å². The van der Waals surface area contributed by atoms with Crippen molar-refractivity contribution in [3.8, 4) is 33.4 Å². The molecule has 1 heterocycles. The summed E-state index contributed by atoms with van der Waals surface area (Å²) in [5, 5.41) is 8.82. The standard InChI is InChI=1S/C40H27NS/c1-2-8-31-26-34(20-19-27(31)7-1)33-10-5-9-32(25-33)30-17-15-28(16-18-30)29-21-23-35(24-22-29)41-38-13-6-12-37-36-11-3-4-14-39(36)42-40(37)38/h1-26,41H. The Bertz CT molecular complexity index is 2210. The molecule has 2 heteroatoms. The molecule has 0 saturated carbocycles. The molecule has 0 unspecified atom stereocenters. The van der Waals surface area contributed by atoms with Gasteiger partial charge in [-0.25, -0.2) is 0 Å². The molecule has 0 spiro atoms. The zero-order valence-corrected chi connectivity index (χ0v) is 23.7. The van der Waals surface area contributed by atoms with Crippen molar-refractivity contribution in [3.05, 3.63) is 158 Å². The van der Waals surface area contributed by atoms with Gasteiger partial charge in [-0.05, 0) is 80.6 Å². The van der Waals surface area contributed by atoms with Crippen LogP contribution in [0.15, 0.2) is 158 Å². The lowest BCUT2D eigenvalue weighted by molar-refractivity contribution is 1.56. The van der Waals surface area contributed by atoms with Crippen molar-refractivity contribution in [3.63, 3.8) is 0 Å². The molecule has 0 aliphatic carbocycles. The average molecular weight is 554 g/mol. The third kappa shape index (κ3) is 4.52. The fourth-order valence-electron chi connectivity index (χ4n) is 5.85. The zero-order chi connectivity index (χ0) is 27.9. The van der Waals surface area contributed by atoms with Gasteiger partial charge in [0.25, 0.3) is 0 Å². The van der Waals surface area contributed by atoms with Crippen LogP contribution >= 0.6 is 11.3 Å². The van der Waals surface area contributed by atoms with Crippen LogP contribution in [0.4, 0.5) is 11.4 Å². The first-order chi connectivity index (χ1) is 20.8. The minimum Gasteiger partial charge on any atom is -0.354 e. The summed E-state index contributed by atoms with van der Waals surface area (Å²) in [6.45, 7) is 0. The summed E-state index contributed by atoms with van der Waals surface area (Å²) in [6.07, 6.45) is 0. The van der Waals surface area contributed by atoms with Gasteiger partial charge in [0.15, 0.2) is 0 Å². The van der Waals surface area contributed by atoms with Crippen LogP contribution in [0.25, 0.3) is 64.3 Å². The molecule has 8 rings (SSSR count). The Morgan fingerprint density at radius 1 is 0.381 bits per heavy atom. The van der Waals surface area contributed by atoms with Gasteiger partial charge in [-0.15, -0.1) is 11.3 Å². The molecule has 0 radical (unpaired) electrons. The summed E-state index contributed by atoms with van der Waals surface area (Å²) in [5.74, 6) is 0. The predicted octanol–water partition coefficient (Wildman–Crippen LogP) is 12.0. The van der Waals surface area contributed by atoms with E-state index in [4.69, 9.17) is 0 Å². The first-order valence-corrected chi connectivity index (χ1v) is 15.1. The molecule has 0 amide bonds. The molecule has 0 fully saturated rings. The number of anilines is 2. The van der Waals surface area contributed by atoms with E-state index in [1.54, 1.807) is 0 Å². The van der Waals surface area contributed by atoms with Gasteiger partial charge < -0.3 is 5.32 Å². The third-order valence-corrected chi connectivity index (χ3v) is 9.28. The second-order valence-corrected chi connectivity index (χ2v) is 11.8. The first kappa shape index (κ1) is 24.6. The van der Waals surface area contributed by atoms with E-state index in [1.807, 2.05) is 11.3 Å². The summed E-state index contributed by atoms with van der Waals surface area (Å²) in [5.41, 5.74) is 9.57. The van der Waals surface area contributed by atoms with Gasteiger partial charge in [-0.2, -0.15) is 0 Å². The number of rotatable bonds is 5. The Morgan fingerprint density at radius 2 is 0.952 bits per heavy atom. The topological polar surface area (TPSA) is 12.0 Å². The van der Waals surface area contributed by atoms with Gasteiger partial charge in [0.1, 0.15) is 0 Å². The van der Waals surface area contributed by atoms with E-state index in [1.165, 1.54) is 64.3 Å². The Labute approximate surface area is 249 Å². The molecule has 0 atom stereocenters. The third-order valence-electron chi connectivity index (χ3n) is 8.07. The van der Waals surface area contributed by atoms with Crippen molar-refractivity contribution < 1.29 is 0 Å². The Hall–Kier alpha value is -5.18. The van der Waals surface area contributed by atoms with Crippen LogP contribution in [0.2, 0.25) is 0 Å². The maximum absolute atomic E-state index is 3.66. The van der Waals surface area contributed by atoms with E-state index < -0.39 is 0 Å². The highest BCUT2D eigenvalue weighted by Crippen LogP contribution is 2.39. The molecule has 42 heavy (non-hydrogen) atoms. The van der Waals surface area contributed by atoms with Crippen molar-refractivity contribution >= 4 is 53.7 Å². The molecule has 198 valence electrons. The molecule has 7 aromatic carbocycles. The molecule has 0 saturated heterocycles. The van der Waals surface area contributed by atoms with Crippen LogP contribution < -0.4 is 5.32 Å². The van der Waals surface area contributed by atoms with Crippen LogP contribution in [-0.4, -0.2) is 0 Å². The summed E-state index contributed by atoms with van der Waals surface area (Å²) in [4.78, 5) is 0. The zero-order valence-electron chi connectivity index (χ0n) is 22.9. The van der Waals surface area contributed by atoms with E-state index in [9.17, 15) is 0 Å². The fourth-order valence-corrected chi connectivity index (χ4v) is 7.02. The normalized spacial score (nSPS) is 11.3. The van der Waals surface area contributed by atoms with Crippen molar-refractivity contribution in [2.45, 2.75) is 0 Å². The summed E-state index contributed by atoms with van der Waals surface area (Å²) in [6, 6.07) is 56.8. The van der Waals surface area contributed by atoms with E-state index in [0.29, 0.717) is 0 Å². The molecule has 1 nitrogen and oxygen atoms in total. The molecule has 0 bridgehead atoms. The summed E-state index contributed by atoms with van der Waals surface area (Å²) < 4.78 is 2.61. The molecule has 1 aromatic heterocycles. The minimum absolute atomic E-state index is 1.09. The molecule has 8 aromatic rings. The number of hydrogen-bond acceptors (Lipinski definition) is 2. The summed E-state index contributed by atoms with van der Waals surface area (Å²) in [7, 11) is 0. The Balaban J connectivity index is 1.03. The monoisotopic (exact) mass is 553 g/mol. The molecule has 1 N–H and O–H groups in total. The highest BCUT2D eigenvalue weighted by molar-refractivity contribution is 7.26. The van der Waals surface area contributed by atoms with Crippen molar-refractivity contribution in [1.82, 2.24) is 0 Å². The second-order valence-electron chi connectivity index (χ2n) is 10.7. The van der Waals surface area contributed by atoms with Gasteiger partial charge in [-0.3, -0.25) is 0 Å². The number of nitrogens with one attached hydrogen (secondary N) is 1. The number of benzene rings is 7. The van der Waals surface area contributed by atoms with Gasteiger partial charge in [-0.1, -0.05) is 121 Å². The van der Waals surface area contributed by atoms with Crippen molar-refractivity contribution in [2.75, 3.05) is 5.32 Å². The average Bonchev–Trinajstić information content (AvgIpc) is 3.45. The molecular formula is C40H27NS. The smallest absolute Gasteiger partial charge is 0.0590 e. The SMILES string of the molecule is c1cc(-c2ccc(-c3ccc(Nc4cccc5c4sc4ccccc45)cc3)cc2)cc(-c2ccc3ccccc3c2)c1. The van der Waals surface area contributed by atoms with E-state index in [0.717, 1.165) is 11.4 Å². The second kappa shape index (κ2) is 10.3. The van der Waals surface area contributed by atoms with Gasteiger partial charge in [0, 0.05) is 21.2 Å². The fraction of sp³-hybridized carbons (Fsp3) is 0. The number of hydrogen-bond donors (Lipinski definition) is 1. The Morgan fingerprint density at radius 3 is 1.76 bits per heavy atom. The predicted molar refractivity (Wildman–Crippen MR) is 183 cm³/mol. The quantitative estimate of drug-likeness (QED) is 0.223. The largest absolute Gasteiger partial charge is 0.354 e. The minimum atomic E-state index is 1.09. The van der Waals surface area contributed by atoms with Crippen LogP contribution in [0.3, 0.4) is 0 Å². The van der Waals surface area contributed by atoms with Gasteiger partial charge >= 0.3 is 0 Å². The van der Waals surface area contributed by atoms with E-state index >= 15 is 0 Å². The lowest BCUT2D eigenvalue weighted by Crippen LogP contribution is -1.90. The lowest BCUT2D eigenvalue weighted by atomic mass is 9.96. The highest BCUT2D eigenvalue weighted by atomic mass is 32.1. The van der Waals surface area contributed by atoms with E-state index in [2.05, 4.69) is 163 Å². The van der Waals surface area contributed by atoms with Crippen LogP contribution in [-0.2, 0) is 0 Å². The molecule has 0 aliphatic heterocycles. The first-order valence-electron chi connectivity index (χ1n) is 14.3. The van der Waals surface area contributed by atoms with Gasteiger partial charge in [0.2, 0.25) is 0 Å². The van der Waals surface area contributed by atoms with Crippen LogP contribution in [0.1, 0.15) is 0 Å². The van der Waals surface area contributed by atoms with Crippen LogP contribution in [0.5, 0.6) is 0 Å². The highest BCUT2D eigenvalue weighted by Gasteiger charge is 2.09. The Kier molecular flexibility index (Phi) is 6.05. The number of fused-ring (bicyclic) bond motifs is 4. The maximum Gasteiger partial charge on any atom is 0.0590 e. The molecule has 0 aliphatic rings. The van der Waals surface area contributed by atoms with Crippen LogP contribution in [0, 0.1) is 0 Å². The van der Waals surface area contributed by atoms with Crippen molar-refractivity contribution in [1.29, 1.82) is 0 Å². The number of thiophene rings is 1. The lowest BCUT2D eigenvalue weighted by Gasteiger charge is -2.10. The summed E-state index contributed by atoms with van der Waals surface area (Å²) >= 11 is 1.84. The maximum atomic E-state index is 3.66. The van der Waals surface area contributed by atoms with Crippen molar-refractivity contribution in [2.24, 2.45) is 0 Å². The van der Waals surface area contributed by atoms with E-state index in [-0.39, 0.29) is 0 Å². The molecular weight excluding hydrogens is 527 g/mol.